The number of alkyl halides is 3. The van der Waals surface area contributed by atoms with Crippen molar-refractivity contribution in [3.8, 4) is 10.6 Å². The van der Waals surface area contributed by atoms with Crippen LogP contribution in [0.4, 0.5) is 18.9 Å². The number of rotatable bonds is 3. The lowest BCUT2D eigenvalue weighted by molar-refractivity contribution is -0.140. The highest BCUT2D eigenvalue weighted by Gasteiger charge is 2.39. The minimum absolute atomic E-state index is 0.149. The molecule has 0 bridgehead atoms. The molecule has 0 saturated carbocycles. The number of amides is 1. The molecule has 0 aliphatic rings. The minimum Gasteiger partial charge on any atom is -0.321 e. The van der Waals surface area contributed by atoms with Crippen molar-refractivity contribution in [1.82, 2.24) is 4.98 Å². The largest absolute Gasteiger partial charge is 0.435 e. The van der Waals surface area contributed by atoms with E-state index in [2.05, 4.69) is 10.3 Å². The highest BCUT2D eigenvalue weighted by molar-refractivity contribution is 7.17. The van der Waals surface area contributed by atoms with Gasteiger partial charge in [-0.15, -0.1) is 11.3 Å². The Labute approximate surface area is 162 Å². The molecular weight excluding hydrogens is 385 g/mol. The second kappa shape index (κ2) is 7.09. The number of carbonyl (C=O) groups is 1. The maximum Gasteiger partial charge on any atom is 0.435 e. The molecule has 0 radical (unpaired) electrons. The number of benzene rings is 3. The summed E-state index contributed by atoms with van der Waals surface area (Å²) >= 11 is 0.729. The van der Waals surface area contributed by atoms with E-state index in [1.54, 1.807) is 54.6 Å². The topological polar surface area (TPSA) is 42.0 Å². The highest BCUT2D eigenvalue weighted by Crippen LogP contribution is 2.38. The van der Waals surface area contributed by atoms with Crippen LogP contribution >= 0.6 is 11.3 Å². The first-order valence-electron chi connectivity index (χ1n) is 8.36. The third kappa shape index (κ3) is 3.48. The van der Waals surface area contributed by atoms with E-state index in [4.69, 9.17) is 0 Å². The number of nitrogens with zero attached hydrogens (tertiary/aromatic N) is 1. The van der Waals surface area contributed by atoms with Gasteiger partial charge in [0.25, 0.3) is 5.91 Å². The fourth-order valence-electron chi connectivity index (χ4n) is 2.88. The van der Waals surface area contributed by atoms with Crippen LogP contribution in [0.15, 0.2) is 72.8 Å². The zero-order valence-electron chi connectivity index (χ0n) is 14.3. The van der Waals surface area contributed by atoms with Crippen LogP contribution in [-0.4, -0.2) is 10.9 Å². The van der Waals surface area contributed by atoms with Gasteiger partial charge in [-0.25, -0.2) is 4.98 Å². The molecule has 3 aromatic carbocycles. The molecule has 140 valence electrons. The van der Waals surface area contributed by atoms with Gasteiger partial charge in [0.15, 0.2) is 5.69 Å². The van der Waals surface area contributed by atoms with Gasteiger partial charge in [-0.2, -0.15) is 13.2 Å². The smallest absolute Gasteiger partial charge is 0.321 e. The number of nitrogens with one attached hydrogen (secondary N) is 1. The normalized spacial score (nSPS) is 11.5. The van der Waals surface area contributed by atoms with Crippen LogP contribution in [0.25, 0.3) is 21.3 Å². The van der Waals surface area contributed by atoms with E-state index in [1.807, 2.05) is 18.2 Å². The number of thiazole rings is 1. The molecule has 0 atom stereocenters. The van der Waals surface area contributed by atoms with Crippen molar-refractivity contribution >= 4 is 33.7 Å². The predicted molar refractivity (Wildman–Crippen MR) is 104 cm³/mol. The molecule has 0 spiro atoms. The molecule has 7 heteroatoms. The van der Waals surface area contributed by atoms with Crippen LogP contribution < -0.4 is 5.32 Å². The van der Waals surface area contributed by atoms with Crippen molar-refractivity contribution < 1.29 is 18.0 Å². The van der Waals surface area contributed by atoms with Crippen LogP contribution in [0.1, 0.15) is 15.4 Å². The fourth-order valence-corrected chi connectivity index (χ4v) is 3.87. The Morgan fingerprint density at radius 2 is 1.57 bits per heavy atom. The van der Waals surface area contributed by atoms with Crippen molar-refractivity contribution in [2.24, 2.45) is 0 Å². The predicted octanol–water partition coefficient (Wildman–Crippen LogP) is 6.23. The first-order chi connectivity index (χ1) is 13.4. The number of hydrogen-bond donors (Lipinski definition) is 1. The van der Waals surface area contributed by atoms with Gasteiger partial charge in [-0.3, -0.25) is 4.79 Å². The van der Waals surface area contributed by atoms with Gasteiger partial charge in [-0.1, -0.05) is 66.7 Å². The molecule has 4 rings (SSSR count). The molecular formula is C21H13F3N2OS. The lowest BCUT2D eigenvalue weighted by Crippen LogP contribution is -2.17. The van der Waals surface area contributed by atoms with Gasteiger partial charge >= 0.3 is 6.18 Å². The van der Waals surface area contributed by atoms with Gasteiger partial charge in [-0.05, 0) is 11.5 Å². The van der Waals surface area contributed by atoms with E-state index in [1.165, 1.54) is 0 Å². The van der Waals surface area contributed by atoms with E-state index in [0.29, 0.717) is 11.3 Å². The molecule has 28 heavy (non-hydrogen) atoms. The second-order valence-corrected chi connectivity index (χ2v) is 7.04. The third-order valence-corrected chi connectivity index (χ3v) is 5.26. The molecule has 0 unspecified atom stereocenters. The summed E-state index contributed by atoms with van der Waals surface area (Å²) in [6.45, 7) is 0. The van der Waals surface area contributed by atoms with E-state index in [0.717, 1.165) is 22.1 Å². The number of carbonyl (C=O) groups excluding carboxylic acids is 1. The minimum atomic E-state index is -4.73. The zero-order chi connectivity index (χ0) is 19.7. The third-order valence-electron chi connectivity index (χ3n) is 4.16. The SMILES string of the molecule is O=C(Nc1cccc2ccccc12)c1sc(-c2ccccc2)nc1C(F)(F)F. The monoisotopic (exact) mass is 398 g/mol. The van der Waals surface area contributed by atoms with Crippen molar-refractivity contribution in [2.75, 3.05) is 5.32 Å². The number of aromatic nitrogens is 1. The summed E-state index contributed by atoms with van der Waals surface area (Å²) in [5.74, 6) is -0.830. The van der Waals surface area contributed by atoms with Crippen LogP contribution in [0.2, 0.25) is 0 Å². The summed E-state index contributed by atoms with van der Waals surface area (Å²) < 4.78 is 40.5. The Bertz CT molecular complexity index is 1150. The van der Waals surface area contributed by atoms with Crippen LogP contribution in [0.3, 0.4) is 0 Å². The summed E-state index contributed by atoms with van der Waals surface area (Å²) in [5.41, 5.74) is -0.192. The van der Waals surface area contributed by atoms with Gasteiger partial charge < -0.3 is 5.32 Å². The average molecular weight is 398 g/mol. The second-order valence-electron chi connectivity index (χ2n) is 6.04. The first-order valence-corrected chi connectivity index (χ1v) is 9.18. The Morgan fingerprint density at radius 1 is 0.893 bits per heavy atom. The van der Waals surface area contributed by atoms with Crippen LogP contribution in [0, 0.1) is 0 Å². The van der Waals surface area contributed by atoms with E-state index < -0.39 is 22.7 Å². The molecule has 4 aromatic rings. The highest BCUT2D eigenvalue weighted by atomic mass is 32.1. The quantitative estimate of drug-likeness (QED) is 0.444. The Balaban J connectivity index is 1.75. The zero-order valence-corrected chi connectivity index (χ0v) is 15.1. The van der Waals surface area contributed by atoms with Crippen molar-refractivity contribution in [2.45, 2.75) is 6.18 Å². The summed E-state index contributed by atoms with van der Waals surface area (Å²) in [6.07, 6.45) is -4.73. The standard InChI is InChI=1S/C21H13F3N2OS/c22-21(23,24)18-17(28-20(26-18)14-8-2-1-3-9-14)19(27)25-16-12-6-10-13-7-4-5-11-15(13)16/h1-12H,(H,25,27). The van der Waals surface area contributed by atoms with Crippen molar-refractivity contribution in [3.63, 3.8) is 0 Å². The Kier molecular flexibility index (Phi) is 4.60. The van der Waals surface area contributed by atoms with Crippen molar-refractivity contribution in [1.29, 1.82) is 0 Å². The average Bonchev–Trinajstić information content (AvgIpc) is 3.15. The number of anilines is 1. The number of halogens is 3. The van der Waals surface area contributed by atoms with Gasteiger partial charge in [0.1, 0.15) is 9.88 Å². The summed E-state index contributed by atoms with van der Waals surface area (Å²) in [6, 6.07) is 21.1. The Morgan fingerprint density at radius 3 is 2.32 bits per heavy atom. The van der Waals surface area contributed by atoms with Crippen molar-refractivity contribution in [3.05, 3.63) is 83.4 Å². The van der Waals surface area contributed by atoms with E-state index in [-0.39, 0.29) is 5.01 Å². The summed E-state index contributed by atoms with van der Waals surface area (Å²) in [4.78, 5) is 16.0. The maximum absolute atomic E-state index is 13.5. The van der Waals surface area contributed by atoms with Gasteiger partial charge in [0.05, 0.1) is 0 Å². The van der Waals surface area contributed by atoms with Crippen LogP contribution in [-0.2, 0) is 6.18 Å². The van der Waals surface area contributed by atoms with E-state index >= 15 is 0 Å². The molecule has 1 N–H and O–H groups in total. The molecule has 0 aliphatic heterocycles. The maximum atomic E-state index is 13.5. The van der Waals surface area contributed by atoms with Crippen LogP contribution in [0.5, 0.6) is 0 Å². The fraction of sp³-hybridized carbons (Fsp3) is 0.0476. The number of hydrogen-bond acceptors (Lipinski definition) is 3. The molecule has 0 fully saturated rings. The molecule has 0 aliphatic carbocycles. The Hall–Kier alpha value is -3.19. The summed E-state index contributed by atoms with van der Waals surface area (Å²) in [7, 11) is 0. The summed E-state index contributed by atoms with van der Waals surface area (Å²) in [5, 5.41) is 4.39. The molecule has 3 nitrogen and oxygen atoms in total. The molecule has 1 heterocycles. The molecule has 0 saturated heterocycles. The lowest BCUT2D eigenvalue weighted by Gasteiger charge is -2.09. The number of fused-ring (bicyclic) bond motifs is 1. The lowest BCUT2D eigenvalue weighted by atomic mass is 10.1. The first kappa shape index (κ1) is 18.2. The molecule has 1 aromatic heterocycles. The van der Waals surface area contributed by atoms with Gasteiger partial charge in [0.2, 0.25) is 0 Å². The van der Waals surface area contributed by atoms with E-state index in [9.17, 15) is 18.0 Å². The van der Waals surface area contributed by atoms with Gasteiger partial charge in [0, 0.05) is 16.6 Å². The molecule has 1 amide bonds.